The molecule has 1 N–H and O–H groups in total. The van der Waals surface area contributed by atoms with Crippen LogP contribution in [0.3, 0.4) is 0 Å². The number of nitrogens with zero attached hydrogens (tertiary/aromatic N) is 1. The number of ether oxygens (including phenoxy) is 2. The number of aryl methyl sites for hydroxylation is 1. The highest BCUT2D eigenvalue weighted by atomic mass is 79.9. The summed E-state index contributed by atoms with van der Waals surface area (Å²) in [6.45, 7) is 4.20. The third kappa shape index (κ3) is 5.98. The minimum absolute atomic E-state index is 0.219. The van der Waals surface area contributed by atoms with Crippen LogP contribution in [0.5, 0.6) is 11.5 Å². The van der Waals surface area contributed by atoms with Crippen molar-refractivity contribution in [3.8, 4) is 11.5 Å². The zero-order chi connectivity index (χ0) is 26.7. The Morgan fingerprint density at radius 1 is 0.973 bits per heavy atom. The van der Waals surface area contributed by atoms with Crippen molar-refractivity contribution < 1.29 is 23.9 Å². The lowest BCUT2D eigenvalue weighted by molar-refractivity contribution is -0.122. The molecule has 4 rings (SSSR count). The number of nitrogens with one attached hydrogen (secondary N) is 1. The van der Waals surface area contributed by atoms with Crippen LogP contribution in [0.1, 0.15) is 23.6 Å². The highest BCUT2D eigenvalue weighted by Crippen LogP contribution is 2.38. The number of halogens is 3. The highest BCUT2D eigenvalue weighted by molar-refractivity contribution is 9.10. The summed E-state index contributed by atoms with van der Waals surface area (Å²) in [4.78, 5) is 39.4. The van der Waals surface area contributed by atoms with Crippen molar-refractivity contribution in [2.24, 2.45) is 0 Å². The molecule has 4 amide bonds. The summed E-state index contributed by atoms with van der Waals surface area (Å²) in [6.07, 6.45) is 1.40. The predicted octanol–water partition coefficient (Wildman–Crippen LogP) is 6.71. The zero-order valence-electron chi connectivity index (χ0n) is 19.8. The molecule has 0 spiro atoms. The molecule has 0 aliphatic carbocycles. The maximum absolute atomic E-state index is 13.3. The Labute approximate surface area is 232 Å². The van der Waals surface area contributed by atoms with Gasteiger partial charge in [0, 0.05) is 10.0 Å². The Kier molecular flexibility index (Phi) is 8.22. The summed E-state index contributed by atoms with van der Waals surface area (Å²) in [6, 6.07) is 14.6. The molecule has 0 atom stereocenters. The van der Waals surface area contributed by atoms with Crippen molar-refractivity contribution in [1.82, 2.24) is 5.32 Å². The minimum Gasteiger partial charge on any atom is -0.490 e. The lowest BCUT2D eigenvalue weighted by atomic mass is 10.1. The van der Waals surface area contributed by atoms with E-state index in [9.17, 15) is 14.4 Å². The van der Waals surface area contributed by atoms with E-state index in [1.54, 1.807) is 43.3 Å². The maximum Gasteiger partial charge on any atom is 0.335 e. The molecule has 1 saturated heterocycles. The van der Waals surface area contributed by atoms with Crippen molar-refractivity contribution in [3.05, 3.63) is 91.4 Å². The Hall–Kier alpha value is -3.33. The summed E-state index contributed by atoms with van der Waals surface area (Å²) >= 11 is 15.5. The summed E-state index contributed by atoms with van der Waals surface area (Å²) in [5, 5.41) is 3.20. The van der Waals surface area contributed by atoms with E-state index in [4.69, 9.17) is 32.7 Å². The average molecular weight is 604 g/mol. The Balaban J connectivity index is 1.67. The van der Waals surface area contributed by atoms with Gasteiger partial charge in [0.1, 0.15) is 12.2 Å². The van der Waals surface area contributed by atoms with E-state index >= 15 is 0 Å². The van der Waals surface area contributed by atoms with Crippen LogP contribution in [-0.4, -0.2) is 24.5 Å². The van der Waals surface area contributed by atoms with Gasteiger partial charge in [0.2, 0.25) is 0 Å². The number of imide groups is 2. The minimum atomic E-state index is -0.848. The van der Waals surface area contributed by atoms with Crippen LogP contribution in [0.15, 0.2) is 64.6 Å². The molecule has 3 aromatic rings. The number of anilines is 1. The largest absolute Gasteiger partial charge is 0.490 e. The first-order valence-corrected chi connectivity index (χ1v) is 12.7. The van der Waals surface area contributed by atoms with Crippen LogP contribution >= 0.6 is 39.1 Å². The van der Waals surface area contributed by atoms with Gasteiger partial charge < -0.3 is 9.47 Å². The summed E-state index contributed by atoms with van der Waals surface area (Å²) < 4.78 is 12.3. The lowest BCUT2D eigenvalue weighted by Gasteiger charge is -2.27. The van der Waals surface area contributed by atoms with E-state index in [1.165, 1.54) is 12.1 Å². The number of hydrogen-bond acceptors (Lipinski definition) is 5. The first kappa shape index (κ1) is 26.7. The van der Waals surface area contributed by atoms with Crippen LogP contribution in [0.25, 0.3) is 6.08 Å². The van der Waals surface area contributed by atoms with E-state index in [-0.39, 0.29) is 17.9 Å². The van der Waals surface area contributed by atoms with E-state index in [0.29, 0.717) is 43.8 Å². The molecular weight excluding hydrogens is 583 g/mol. The zero-order valence-corrected chi connectivity index (χ0v) is 22.9. The molecule has 190 valence electrons. The molecule has 3 aromatic carbocycles. The topological polar surface area (TPSA) is 84.9 Å². The second-order valence-electron chi connectivity index (χ2n) is 8.07. The van der Waals surface area contributed by atoms with Gasteiger partial charge in [-0.1, -0.05) is 41.4 Å². The molecule has 1 heterocycles. The van der Waals surface area contributed by atoms with Crippen LogP contribution in [-0.2, 0) is 16.2 Å². The quantitative estimate of drug-likeness (QED) is 0.240. The molecule has 10 heteroatoms. The maximum atomic E-state index is 13.3. The fraction of sp³-hybridized carbons (Fsp3) is 0.148. The number of barbiturate groups is 1. The molecule has 1 fully saturated rings. The summed E-state index contributed by atoms with van der Waals surface area (Å²) in [5.41, 5.74) is 2.11. The van der Waals surface area contributed by atoms with Gasteiger partial charge in [-0.3, -0.25) is 14.9 Å². The van der Waals surface area contributed by atoms with E-state index in [2.05, 4.69) is 21.2 Å². The standard InChI is InChI=1S/C27H21BrCl2N2O5/c1-3-36-23-12-17(11-21(28)24(23)37-14-16-5-8-18(29)9-6-16)10-20-25(33)31-27(35)32(26(20)34)22-13-19(30)7-4-15(22)2/h4-13H,3,14H2,1-2H3,(H,31,33,35)/b20-10+. The van der Waals surface area contributed by atoms with Crippen LogP contribution in [0.4, 0.5) is 10.5 Å². The van der Waals surface area contributed by atoms with Crippen LogP contribution in [0, 0.1) is 6.92 Å². The number of urea groups is 1. The molecule has 0 saturated carbocycles. The Morgan fingerprint density at radius 3 is 2.38 bits per heavy atom. The Morgan fingerprint density at radius 2 is 1.68 bits per heavy atom. The van der Waals surface area contributed by atoms with Crippen molar-refractivity contribution in [1.29, 1.82) is 0 Å². The van der Waals surface area contributed by atoms with Gasteiger partial charge in [-0.15, -0.1) is 0 Å². The molecular formula is C27H21BrCl2N2O5. The van der Waals surface area contributed by atoms with Crippen molar-refractivity contribution in [2.75, 3.05) is 11.5 Å². The van der Waals surface area contributed by atoms with Crippen molar-refractivity contribution in [3.63, 3.8) is 0 Å². The first-order valence-electron chi connectivity index (χ1n) is 11.2. The Bertz CT molecular complexity index is 1420. The molecule has 1 aliphatic rings. The lowest BCUT2D eigenvalue weighted by Crippen LogP contribution is -2.54. The number of hydrogen-bond donors (Lipinski definition) is 1. The van der Waals surface area contributed by atoms with Gasteiger partial charge in [0.15, 0.2) is 11.5 Å². The molecule has 7 nitrogen and oxygen atoms in total. The number of benzene rings is 3. The first-order chi connectivity index (χ1) is 17.7. The number of amides is 4. The van der Waals surface area contributed by atoms with Gasteiger partial charge in [-0.05, 0) is 88.9 Å². The van der Waals surface area contributed by atoms with Gasteiger partial charge in [-0.25, -0.2) is 9.69 Å². The van der Waals surface area contributed by atoms with Gasteiger partial charge >= 0.3 is 6.03 Å². The number of carbonyl (C=O) groups excluding carboxylic acids is 3. The second kappa shape index (κ2) is 11.4. The average Bonchev–Trinajstić information content (AvgIpc) is 2.84. The van der Waals surface area contributed by atoms with E-state index < -0.39 is 17.8 Å². The predicted molar refractivity (Wildman–Crippen MR) is 146 cm³/mol. The smallest absolute Gasteiger partial charge is 0.335 e. The van der Waals surface area contributed by atoms with Gasteiger partial charge in [-0.2, -0.15) is 0 Å². The van der Waals surface area contributed by atoms with Gasteiger partial charge in [0.25, 0.3) is 11.8 Å². The summed E-state index contributed by atoms with van der Waals surface area (Å²) in [7, 11) is 0. The van der Waals surface area contributed by atoms with Crippen molar-refractivity contribution in [2.45, 2.75) is 20.5 Å². The third-order valence-corrected chi connectivity index (χ3v) is 6.53. The van der Waals surface area contributed by atoms with E-state index in [1.807, 2.05) is 19.1 Å². The fourth-order valence-electron chi connectivity index (χ4n) is 3.68. The molecule has 0 radical (unpaired) electrons. The van der Waals surface area contributed by atoms with Crippen molar-refractivity contribution >= 4 is 68.7 Å². The highest BCUT2D eigenvalue weighted by Gasteiger charge is 2.37. The monoisotopic (exact) mass is 602 g/mol. The van der Waals surface area contributed by atoms with E-state index in [0.717, 1.165) is 10.5 Å². The number of rotatable bonds is 7. The SMILES string of the molecule is CCOc1cc(/C=C2\C(=O)NC(=O)N(c3cc(Cl)ccc3C)C2=O)cc(Br)c1OCc1ccc(Cl)cc1. The normalized spacial score (nSPS) is 14.7. The molecule has 0 aromatic heterocycles. The molecule has 37 heavy (non-hydrogen) atoms. The second-order valence-corrected chi connectivity index (χ2v) is 9.79. The van der Waals surface area contributed by atoms with Gasteiger partial charge in [0.05, 0.1) is 16.8 Å². The molecule has 1 aliphatic heterocycles. The number of carbonyl (C=O) groups is 3. The molecule has 0 unspecified atom stereocenters. The van der Waals surface area contributed by atoms with Crippen LogP contribution in [0.2, 0.25) is 10.0 Å². The summed E-state index contributed by atoms with van der Waals surface area (Å²) in [5.74, 6) is -0.691. The third-order valence-electron chi connectivity index (χ3n) is 5.45. The van der Waals surface area contributed by atoms with Crippen LogP contribution < -0.4 is 19.7 Å². The molecule has 0 bridgehead atoms. The fourth-order valence-corrected chi connectivity index (χ4v) is 4.54.